The Balaban J connectivity index is 2.45. The SMILES string of the molecule is CCCc1nc(N)n(-c2ccc(Br)cc2C)n1. The highest BCUT2D eigenvalue weighted by Crippen LogP contribution is 2.20. The summed E-state index contributed by atoms with van der Waals surface area (Å²) in [6.07, 6.45) is 1.87. The Hall–Kier alpha value is -1.36. The van der Waals surface area contributed by atoms with Gasteiger partial charge in [-0.05, 0) is 37.1 Å². The number of hydrogen-bond acceptors (Lipinski definition) is 3. The maximum Gasteiger partial charge on any atom is 0.223 e. The lowest BCUT2D eigenvalue weighted by atomic mass is 10.2. The van der Waals surface area contributed by atoms with Crippen LogP contribution < -0.4 is 5.73 Å². The minimum Gasteiger partial charge on any atom is -0.368 e. The van der Waals surface area contributed by atoms with E-state index in [9.17, 15) is 0 Å². The minimum absolute atomic E-state index is 0.443. The van der Waals surface area contributed by atoms with Gasteiger partial charge < -0.3 is 5.73 Å². The molecular formula is C12H15BrN4. The fourth-order valence-corrected chi connectivity index (χ4v) is 2.21. The summed E-state index contributed by atoms with van der Waals surface area (Å²) in [7, 11) is 0. The first-order chi connectivity index (χ1) is 8.11. The van der Waals surface area contributed by atoms with Gasteiger partial charge in [-0.3, -0.25) is 0 Å². The summed E-state index contributed by atoms with van der Waals surface area (Å²) in [5.74, 6) is 1.24. The second kappa shape index (κ2) is 4.87. The molecule has 0 radical (unpaired) electrons. The van der Waals surface area contributed by atoms with Crippen LogP contribution in [-0.4, -0.2) is 14.8 Å². The number of hydrogen-bond donors (Lipinski definition) is 1. The van der Waals surface area contributed by atoms with E-state index in [1.165, 1.54) is 0 Å². The highest BCUT2D eigenvalue weighted by atomic mass is 79.9. The van der Waals surface area contributed by atoms with Crippen LogP contribution in [0.4, 0.5) is 5.95 Å². The van der Waals surface area contributed by atoms with Crippen LogP contribution in [0.15, 0.2) is 22.7 Å². The normalized spacial score (nSPS) is 10.8. The molecule has 0 saturated carbocycles. The number of halogens is 1. The second-order valence-electron chi connectivity index (χ2n) is 3.98. The predicted molar refractivity (Wildman–Crippen MR) is 72.2 cm³/mol. The fourth-order valence-electron chi connectivity index (χ4n) is 1.73. The van der Waals surface area contributed by atoms with Crippen LogP contribution in [0.1, 0.15) is 24.7 Å². The molecule has 0 aliphatic heterocycles. The summed E-state index contributed by atoms with van der Waals surface area (Å²) < 4.78 is 2.75. The molecule has 90 valence electrons. The van der Waals surface area contributed by atoms with Crippen molar-refractivity contribution in [1.82, 2.24) is 14.8 Å². The number of anilines is 1. The maximum absolute atomic E-state index is 5.89. The molecule has 1 aromatic heterocycles. The molecule has 0 unspecified atom stereocenters. The van der Waals surface area contributed by atoms with E-state index in [-0.39, 0.29) is 0 Å². The lowest BCUT2D eigenvalue weighted by Crippen LogP contribution is -2.04. The number of nitrogens with two attached hydrogens (primary N) is 1. The molecule has 1 heterocycles. The summed E-state index contributed by atoms with van der Waals surface area (Å²) in [4.78, 5) is 4.26. The van der Waals surface area contributed by atoms with Gasteiger partial charge in [0, 0.05) is 10.9 Å². The first kappa shape index (κ1) is 12.1. The minimum atomic E-state index is 0.443. The van der Waals surface area contributed by atoms with Crippen LogP contribution in [0.25, 0.3) is 5.69 Å². The van der Waals surface area contributed by atoms with Crippen molar-refractivity contribution in [3.8, 4) is 5.69 Å². The molecule has 4 nitrogen and oxygen atoms in total. The molecule has 0 bridgehead atoms. The molecule has 0 fully saturated rings. The molecule has 2 aromatic rings. The van der Waals surface area contributed by atoms with Gasteiger partial charge in [-0.1, -0.05) is 22.9 Å². The molecule has 0 aliphatic carbocycles. The summed E-state index contributed by atoms with van der Waals surface area (Å²) in [6.45, 7) is 4.13. The smallest absolute Gasteiger partial charge is 0.223 e. The number of aryl methyl sites for hydroxylation is 2. The van der Waals surface area contributed by atoms with E-state index in [0.717, 1.165) is 34.4 Å². The van der Waals surface area contributed by atoms with Crippen molar-refractivity contribution in [1.29, 1.82) is 0 Å². The van der Waals surface area contributed by atoms with Crippen LogP contribution >= 0.6 is 15.9 Å². The van der Waals surface area contributed by atoms with Gasteiger partial charge in [-0.15, -0.1) is 5.10 Å². The Morgan fingerprint density at radius 2 is 2.18 bits per heavy atom. The molecule has 5 heteroatoms. The zero-order valence-corrected chi connectivity index (χ0v) is 11.5. The van der Waals surface area contributed by atoms with Crippen LogP contribution in [0.3, 0.4) is 0 Å². The fraction of sp³-hybridized carbons (Fsp3) is 0.333. The highest BCUT2D eigenvalue weighted by Gasteiger charge is 2.10. The van der Waals surface area contributed by atoms with Crippen molar-refractivity contribution in [2.45, 2.75) is 26.7 Å². The third-order valence-electron chi connectivity index (χ3n) is 2.54. The zero-order valence-electron chi connectivity index (χ0n) is 9.94. The molecule has 17 heavy (non-hydrogen) atoms. The van der Waals surface area contributed by atoms with E-state index >= 15 is 0 Å². The van der Waals surface area contributed by atoms with Crippen LogP contribution in [0.2, 0.25) is 0 Å². The summed E-state index contributed by atoms with van der Waals surface area (Å²) in [5.41, 5.74) is 7.97. The molecule has 2 rings (SSSR count). The summed E-state index contributed by atoms with van der Waals surface area (Å²) >= 11 is 3.44. The van der Waals surface area contributed by atoms with Gasteiger partial charge in [0.15, 0.2) is 5.82 Å². The van der Waals surface area contributed by atoms with Crippen LogP contribution in [0.5, 0.6) is 0 Å². The molecule has 0 spiro atoms. The topological polar surface area (TPSA) is 56.7 Å². The number of benzene rings is 1. The number of rotatable bonds is 3. The van der Waals surface area contributed by atoms with E-state index in [1.54, 1.807) is 4.68 Å². The van der Waals surface area contributed by atoms with E-state index in [4.69, 9.17) is 5.73 Å². The zero-order chi connectivity index (χ0) is 12.4. The lowest BCUT2D eigenvalue weighted by Gasteiger charge is -2.06. The van der Waals surface area contributed by atoms with Gasteiger partial charge in [0.05, 0.1) is 5.69 Å². The standard InChI is InChI=1S/C12H15BrN4/c1-3-4-11-15-12(14)17(16-11)10-6-5-9(13)7-8(10)2/h5-7H,3-4H2,1-2H3,(H2,14,15,16). The molecular weight excluding hydrogens is 280 g/mol. The molecule has 2 N–H and O–H groups in total. The largest absolute Gasteiger partial charge is 0.368 e. The first-order valence-electron chi connectivity index (χ1n) is 5.59. The van der Waals surface area contributed by atoms with Gasteiger partial charge in [0.25, 0.3) is 0 Å². The summed E-state index contributed by atoms with van der Waals surface area (Å²) in [6, 6.07) is 6.00. The van der Waals surface area contributed by atoms with Crippen molar-refractivity contribution < 1.29 is 0 Å². The molecule has 1 aromatic carbocycles. The second-order valence-corrected chi connectivity index (χ2v) is 4.89. The average molecular weight is 295 g/mol. The molecule has 0 aliphatic rings. The van der Waals surface area contributed by atoms with E-state index in [1.807, 2.05) is 25.1 Å². The number of nitrogens with zero attached hydrogens (tertiary/aromatic N) is 3. The van der Waals surface area contributed by atoms with Crippen molar-refractivity contribution in [3.63, 3.8) is 0 Å². The Morgan fingerprint density at radius 3 is 2.82 bits per heavy atom. The Bertz CT molecular complexity index is 533. The number of aromatic nitrogens is 3. The van der Waals surface area contributed by atoms with Gasteiger partial charge in [0.2, 0.25) is 5.95 Å². The maximum atomic E-state index is 5.89. The molecule has 0 amide bonds. The van der Waals surface area contributed by atoms with E-state index < -0.39 is 0 Å². The predicted octanol–water partition coefficient (Wildman–Crippen LogP) is 2.87. The third-order valence-corrected chi connectivity index (χ3v) is 3.03. The van der Waals surface area contributed by atoms with Crippen LogP contribution in [0, 0.1) is 6.92 Å². The quantitative estimate of drug-likeness (QED) is 0.947. The highest BCUT2D eigenvalue weighted by molar-refractivity contribution is 9.10. The average Bonchev–Trinajstić information content (AvgIpc) is 2.60. The lowest BCUT2D eigenvalue weighted by molar-refractivity contribution is 0.798. The van der Waals surface area contributed by atoms with Crippen molar-refractivity contribution in [2.24, 2.45) is 0 Å². The van der Waals surface area contributed by atoms with Crippen LogP contribution in [-0.2, 0) is 6.42 Å². The Kier molecular flexibility index (Phi) is 3.47. The molecule has 0 saturated heterocycles. The summed E-state index contributed by atoms with van der Waals surface area (Å²) in [5, 5.41) is 4.43. The Morgan fingerprint density at radius 1 is 1.41 bits per heavy atom. The van der Waals surface area contributed by atoms with Crippen molar-refractivity contribution in [2.75, 3.05) is 5.73 Å². The monoisotopic (exact) mass is 294 g/mol. The first-order valence-corrected chi connectivity index (χ1v) is 6.39. The van der Waals surface area contributed by atoms with Gasteiger partial charge >= 0.3 is 0 Å². The molecule has 0 atom stereocenters. The van der Waals surface area contributed by atoms with E-state index in [2.05, 4.69) is 32.9 Å². The van der Waals surface area contributed by atoms with E-state index in [0.29, 0.717) is 5.95 Å². The van der Waals surface area contributed by atoms with Crippen molar-refractivity contribution >= 4 is 21.9 Å². The van der Waals surface area contributed by atoms with Gasteiger partial charge in [-0.2, -0.15) is 9.67 Å². The third kappa shape index (κ3) is 2.49. The van der Waals surface area contributed by atoms with Crippen molar-refractivity contribution in [3.05, 3.63) is 34.1 Å². The number of nitrogen functional groups attached to an aromatic ring is 1. The Labute approximate surface area is 109 Å². The van der Waals surface area contributed by atoms with Gasteiger partial charge in [0.1, 0.15) is 0 Å². The van der Waals surface area contributed by atoms with Gasteiger partial charge in [-0.25, -0.2) is 0 Å².